The second kappa shape index (κ2) is 8.07. The summed E-state index contributed by atoms with van der Waals surface area (Å²) in [4.78, 5) is 28.3. The molecular weight excluding hydrogens is 416 g/mol. The minimum atomic E-state index is 0.141. The number of nitrogens with one attached hydrogen (secondary N) is 1. The zero-order chi connectivity index (χ0) is 22.7. The monoisotopic (exact) mass is 454 g/mol. The molecule has 3 saturated carbocycles. The van der Waals surface area contributed by atoms with Gasteiger partial charge in [0.2, 0.25) is 11.8 Å². The molecule has 4 aliphatic carbocycles. The van der Waals surface area contributed by atoms with Crippen LogP contribution in [0.25, 0.3) is 0 Å². The Labute approximate surface area is 198 Å². The van der Waals surface area contributed by atoms with Crippen LogP contribution >= 0.6 is 12.2 Å². The number of allylic oxidation sites excluding steroid dienone is 3. The maximum atomic E-state index is 12.9. The zero-order valence-electron chi connectivity index (χ0n) is 19.9. The molecule has 0 aromatic carbocycles. The molecule has 0 aromatic rings. The maximum Gasteiger partial charge on any atom is 0.224 e. The van der Waals surface area contributed by atoms with Crippen molar-refractivity contribution in [2.24, 2.45) is 28.6 Å². The summed E-state index contributed by atoms with van der Waals surface area (Å²) >= 11 is 5.31. The third-order valence-corrected chi connectivity index (χ3v) is 10.5. The van der Waals surface area contributed by atoms with Crippen LogP contribution in [0.3, 0.4) is 0 Å². The second-order valence-electron chi connectivity index (χ2n) is 11.7. The van der Waals surface area contributed by atoms with Gasteiger partial charge in [-0.1, -0.05) is 38.2 Å². The van der Waals surface area contributed by atoms with E-state index in [2.05, 4.69) is 30.1 Å². The van der Waals surface area contributed by atoms with Crippen molar-refractivity contribution in [3.05, 3.63) is 23.8 Å². The van der Waals surface area contributed by atoms with Crippen LogP contribution in [0.4, 0.5) is 0 Å². The average molecular weight is 455 g/mol. The molecule has 0 radical (unpaired) electrons. The summed E-state index contributed by atoms with van der Waals surface area (Å²) in [5.41, 5.74) is 1.49. The molecule has 1 N–H and O–H groups in total. The molecule has 5 heteroatoms. The third-order valence-electron chi connectivity index (χ3n) is 10.3. The van der Waals surface area contributed by atoms with Gasteiger partial charge in [-0.3, -0.25) is 9.59 Å². The largest absolute Gasteiger partial charge is 0.353 e. The Morgan fingerprint density at radius 2 is 1.91 bits per heavy atom. The van der Waals surface area contributed by atoms with Gasteiger partial charge in [-0.05, 0) is 85.2 Å². The number of hydrogen-bond donors (Lipinski definition) is 1. The van der Waals surface area contributed by atoms with E-state index in [9.17, 15) is 9.59 Å². The lowest BCUT2D eigenvalue weighted by atomic mass is 9.47. The Bertz CT molecular complexity index is 894. The Kier molecular flexibility index (Phi) is 5.63. The van der Waals surface area contributed by atoms with Gasteiger partial charge in [-0.15, -0.1) is 0 Å². The number of piperidine rings is 1. The van der Waals surface area contributed by atoms with E-state index in [0.717, 1.165) is 42.0 Å². The second-order valence-corrected chi connectivity index (χ2v) is 12.2. The minimum absolute atomic E-state index is 0.141. The molecular formula is C27H38N2O2S. The topological polar surface area (TPSA) is 49.4 Å². The highest BCUT2D eigenvalue weighted by Crippen LogP contribution is 2.64. The number of carbonyl (C=O) groups excluding carboxylic acids is 2. The highest BCUT2D eigenvalue weighted by molar-refractivity contribution is 7.80. The predicted molar refractivity (Wildman–Crippen MR) is 131 cm³/mol. The van der Waals surface area contributed by atoms with Gasteiger partial charge in [0.05, 0.1) is 6.42 Å². The summed E-state index contributed by atoms with van der Waals surface area (Å²) in [5, 5.41) is 3.45. The van der Waals surface area contributed by atoms with Gasteiger partial charge in [0.15, 0.2) is 0 Å². The summed E-state index contributed by atoms with van der Waals surface area (Å²) in [6.07, 6.45) is 16.2. The molecule has 2 amide bonds. The molecule has 4 nitrogen and oxygen atoms in total. The number of thiocarbonyl (C=S) groups is 1. The maximum absolute atomic E-state index is 12.9. The molecule has 7 atom stereocenters. The van der Waals surface area contributed by atoms with Crippen molar-refractivity contribution >= 4 is 28.9 Å². The van der Waals surface area contributed by atoms with Crippen molar-refractivity contribution in [3.63, 3.8) is 0 Å². The lowest BCUT2D eigenvalue weighted by molar-refractivity contribution is -0.157. The summed E-state index contributed by atoms with van der Waals surface area (Å²) in [6, 6.07) is 0.691. The van der Waals surface area contributed by atoms with Crippen LogP contribution in [0.1, 0.15) is 78.1 Å². The number of amides is 2. The first-order valence-electron chi connectivity index (χ1n) is 12.7. The Morgan fingerprint density at radius 1 is 1.12 bits per heavy atom. The van der Waals surface area contributed by atoms with Crippen LogP contribution in [0.15, 0.2) is 23.8 Å². The first kappa shape index (κ1) is 22.3. The number of likely N-dealkylation sites (tertiary alicyclic amines) is 1. The fourth-order valence-corrected chi connectivity index (χ4v) is 8.82. The van der Waals surface area contributed by atoms with E-state index in [1.807, 2.05) is 19.2 Å². The van der Waals surface area contributed by atoms with Gasteiger partial charge in [-0.2, -0.15) is 0 Å². The van der Waals surface area contributed by atoms with Crippen LogP contribution in [0.5, 0.6) is 0 Å². The lowest BCUT2D eigenvalue weighted by Crippen LogP contribution is -2.62. The first-order chi connectivity index (χ1) is 15.2. The van der Waals surface area contributed by atoms with E-state index in [-0.39, 0.29) is 22.8 Å². The van der Waals surface area contributed by atoms with E-state index in [4.69, 9.17) is 12.2 Å². The molecule has 5 aliphatic rings. The molecule has 1 heterocycles. The highest BCUT2D eigenvalue weighted by atomic mass is 32.1. The smallest absolute Gasteiger partial charge is 0.224 e. The van der Waals surface area contributed by atoms with Crippen molar-refractivity contribution in [1.82, 2.24) is 10.2 Å². The molecule has 0 bridgehead atoms. The fraction of sp³-hybridized carbons (Fsp3) is 0.741. The van der Waals surface area contributed by atoms with Crippen LogP contribution in [-0.2, 0) is 9.59 Å². The number of rotatable bonds is 3. The van der Waals surface area contributed by atoms with Crippen molar-refractivity contribution < 1.29 is 9.59 Å². The summed E-state index contributed by atoms with van der Waals surface area (Å²) in [5.74, 6) is 2.61. The van der Waals surface area contributed by atoms with Crippen molar-refractivity contribution in [3.8, 4) is 0 Å². The number of nitrogens with zero attached hydrogens (tertiary/aromatic N) is 1. The van der Waals surface area contributed by atoms with Gasteiger partial charge in [0, 0.05) is 36.8 Å². The first-order valence-corrected chi connectivity index (χ1v) is 13.1. The quantitative estimate of drug-likeness (QED) is 0.612. The zero-order valence-corrected chi connectivity index (χ0v) is 20.7. The van der Waals surface area contributed by atoms with Crippen molar-refractivity contribution in [1.29, 1.82) is 0 Å². The lowest BCUT2D eigenvalue weighted by Gasteiger charge is -2.61. The van der Waals surface area contributed by atoms with E-state index in [1.165, 1.54) is 25.7 Å². The van der Waals surface area contributed by atoms with E-state index in [1.54, 1.807) is 0 Å². The summed E-state index contributed by atoms with van der Waals surface area (Å²) < 4.78 is 0. The molecule has 174 valence electrons. The molecule has 1 unspecified atom stereocenters. The van der Waals surface area contributed by atoms with Crippen molar-refractivity contribution in [2.45, 2.75) is 90.1 Å². The predicted octanol–water partition coefficient (Wildman–Crippen LogP) is 4.98. The fourth-order valence-electron chi connectivity index (χ4n) is 8.57. The summed E-state index contributed by atoms with van der Waals surface area (Å²) in [7, 11) is 2.03. The highest BCUT2D eigenvalue weighted by Gasteiger charge is 2.61. The number of carbonyl (C=O) groups is 2. The number of fused-ring (bicyclic) bond motifs is 5. The molecule has 0 aromatic heterocycles. The van der Waals surface area contributed by atoms with Gasteiger partial charge >= 0.3 is 0 Å². The van der Waals surface area contributed by atoms with E-state index >= 15 is 0 Å². The molecule has 5 rings (SSSR count). The Balaban J connectivity index is 1.29. The van der Waals surface area contributed by atoms with Crippen LogP contribution < -0.4 is 5.32 Å². The Hall–Kier alpha value is -1.49. The van der Waals surface area contributed by atoms with Gasteiger partial charge in [0.1, 0.15) is 0 Å². The van der Waals surface area contributed by atoms with Gasteiger partial charge in [0.25, 0.3) is 0 Å². The SMILES string of the molecule is CN1C(=O)CC[C@]2(C)[C@H]3CC[C@]4(C)C(NC(=O)CC5=CC(=S)CC=C5)CC[C@H]4[C@@H]3CC[C@@H]12. The van der Waals surface area contributed by atoms with Gasteiger partial charge in [-0.25, -0.2) is 0 Å². The van der Waals surface area contributed by atoms with Crippen LogP contribution in [-0.4, -0.2) is 40.7 Å². The van der Waals surface area contributed by atoms with Crippen LogP contribution in [0, 0.1) is 28.6 Å². The van der Waals surface area contributed by atoms with E-state index in [0.29, 0.717) is 36.6 Å². The molecule has 0 spiro atoms. The minimum Gasteiger partial charge on any atom is -0.353 e. The van der Waals surface area contributed by atoms with E-state index < -0.39 is 0 Å². The third kappa shape index (κ3) is 3.50. The molecule has 32 heavy (non-hydrogen) atoms. The van der Waals surface area contributed by atoms with Gasteiger partial charge < -0.3 is 10.2 Å². The molecule has 4 fully saturated rings. The average Bonchev–Trinajstić information content (AvgIpc) is 3.07. The van der Waals surface area contributed by atoms with Crippen molar-refractivity contribution in [2.75, 3.05) is 7.05 Å². The molecule has 1 aliphatic heterocycles. The Morgan fingerprint density at radius 3 is 2.69 bits per heavy atom. The normalized spacial score (nSPS) is 43.3. The standard InChI is InChI=1S/C27H38N2O2S/c1-26-13-11-21-19(7-10-23-27(21,2)14-12-25(31)29(23)3)20(26)8-9-22(26)28-24(30)16-17-5-4-6-18(32)15-17/h4-5,15,19-23H,6-14,16H2,1-3H3,(H,28,30)/t19-,20-,21-,22?,23+,26-,27+/m0/s1. The van der Waals surface area contributed by atoms with Crippen LogP contribution in [0.2, 0.25) is 0 Å². The molecule has 1 saturated heterocycles. The summed E-state index contributed by atoms with van der Waals surface area (Å²) in [6.45, 7) is 4.93. The number of hydrogen-bond acceptors (Lipinski definition) is 3.